The van der Waals surface area contributed by atoms with Gasteiger partial charge in [0, 0.05) is 11.3 Å². The fourth-order valence-electron chi connectivity index (χ4n) is 1.82. The summed E-state index contributed by atoms with van der Waals surface area (Å²) in [4.78, 5) is 20.2. The molecule has 1 aliphatic carbocycles. The molecule has 100 valence electrons. The Bertz CT molecular complexity index is 615. The molecule has 2 heterocycles. The molecule has 2 aromatic rings. The second-order valence-corrected chi connectivity index (χ2v) is 5.23. The molecule has 0 bridgehead atoms. The van der Waals surface area contributed by atoms with Crippen LogP contribution >= 0.6 is 11.3 Å². The van der Waals surface area contributed by atoms with Crippen molar-refractivity contribution >= 4 is 23.1 Å². The van der Waals surface area contributed by atoms with Crippen molar-refractivity contribution in [3.8, 4) is 5.13 Å². The van der Waals surface area contributed by atoms with Crippen molar-refractivity contribution in [2.75, 3.05) is 12.3 Å². The van der Waals surface area contributed by atoms with E-state index in [1.165, 1.54) is 30.5 Å². The molecule has 2 N–H and O–H groups in total. The Morgan fingerprint density at radius 2 is 2.42 bits per heavy atom. The number of nitrogen functional groups attached to an aromatic ring is 1. The van der Waals surface area contributed by atoms with Crippen molar-refractivity contribution in [1.82, 2.24) is 14.5 Å². The van der Waals surface area contributed by atoms with Crippen molar-refractivity contribution in [2.45, 2.75) is 25.7 Å². The number of esters is 1. The van der Waals surface area contributed by atoms with Gasteiger partial charge in [0.15, 0.2) is 10.8 Å². The Morgan fingerprint density at radius 3 is 3.11 bits per heavy atom. The van der Waals surface area contributed by atoms with E-state index in [9.17, 15) is 4.79 Å². The molecule has 0 radical (unpaired) electrons. The summed E-state index contributed by atoms with van der Waals surface area (Å²) < 4.78 is 6.53. The highest BCUT2D eigenvalue weighted by molar-refractivity contribution is 7.12. The summed E-state index contributed by atoms with van der Waals surface area (Å²) in [5.74, 6) is 0.368. The minimum atomic E-state index is -0.502. The van der Waals surface area contributed by atoms with Crippen LogP contribution in [0.25, 0.3) is 5.13 Å². The lowest BCUT2D eigenvalue weighted by Crippen LogP contribution is -2.09. The molecule has 0 aliphatic heterocycles. The van der Waals surface area contributed by atoms with Crippen molar-refractivity contribution in [2.24, 2.45) is 0 Å². The number of nitrogens with two attached hydrogens (primary N) is 1. The van der Waals surface area contributed by atoms with E-state index < -0.39 is 5.97 Å². The fourth-order valence-corrected chi connectivity index (χ4v) is 2.71. The summed E-state index contributed by atoms with van der Waals surface area (Å²) in [6, 6.07) is 0. The lowest BCUT2D eigenvalue weighted by atomic mass is 10.3. The van der Waals surface area contributed by atoms with Crippen molar-refractivity contribution < 1.29 is 9.53 Å². The van der Waals surface area contributed by atoms with Crippen LogP contribution in [-0.4, -0.2) is 27.1 Å². The average Bonchev–Trinajstić information content (AvgIpc) is 3.00. The van der Waals surface area contributed by atoms with Gasteiger partial charge in [-0.2, -0.15) is 0 Å². The number of anilines is 1. The normalized spacial score (nSPS) is 14.6. The number of thiazole rings is 1. The Balaban J connectivity index is 1.89. The number of aromatic nitrogens is 3. The monoisotopic (exact) mass is 278 g/mol. The highest BCUT2D eigenvalue weighted by Gasteiger charge is 2.27. The number of hydrogen-bond donors (Lipinski definition) is 1. The van der Waals surface area contributed by atoms with Crippen LogP contribution in [0.4, 0.5) is 5.82 Å². The fraction of sp³-hybridized carbons (Fsp3) is 0.417. The van der Waals surface area contributed by atoms with Gasteiger partial charge in [0.25, 0.3) is 0 Å². The zero-order chi connectivity index (χ0) is 13.4. The van der Waals surface area contributed by atoms with E-state index in [0.29, 0.717) is 12.5 Å². The Kier molecular flexibility index (Phi) is 2.98. The van der Waals surface area contributed by atoms with Gasteiger partial charge in [0.1, 0.15) is 12.1 Å². The van der Waals surface area contributed by atoms with Gasteiger partial charge in [-0.1, -0.05) is 0 Å². The van der Waals surface area contributed by atoms with Crippen molar-refractivity contribution in [3.05, 3.63) is 23.1 Å². The first-order valence-electron chi connectivity index (χ1n) is 6.16. The van der Waals surface area contributed by atoms with Crippen LogP contribution in [0.2, 0.25) is 0 Å². The molecule has 2 aromatic heterocycles. The third kappa shape index (κ3) is 2.21. The van der Waals surface area contributed by atoms with Crippen molar-refractivity contribution in [1.29, 1.82) is 0 Å². The SMILES string of the molecule is CCOC(=O)c1ncn(-c2nc(C3CC3)cs2)c1N. The number of nitrogens with zero attached hydrogens (tertiary/aromatic N) is 3. The van der Waals surface area contributed by atoms with Crippen LogP contribution in [0.3, 0.4) is 0 Å². The van der Waals surface area contributed by atoms with Crippen LogP contribution in [0, 0.1) is 0 Å². The second-order valence-electron chi connectivity index (χ2n) is 4.40. The predicted octanol–water partition coefficient (Wildman–Crippen LogP) is 1.97. The predicted molar refractivity (Wildman–Crippen MR) is 71.6 cm³/mol. The van der Waals surface area contributed by atoms with Gasteiger partial charge in [0.2, 0.25) is 0 Å². The first-order valence-corrected chi connectivity index (χ1v) is 7.04. The van der Waals surface area contributed by atoms with Crippen LogP contribution in [-0.2, 0) is 4.74 Å². The summed E-state index contributed by atoms with van der Waals surface area (Å²) in [7, 11) is 0. The minimum Gasteiger partial charge on any atom is -0.461 e. The minimum absolute atomic E-state index is 0.144. The highest BCUT2D eigenvalue weighted by Crippen LogP contribution is 2.40. The number of ether oxygens (including phenoxy) is 1. The summed E-state index contributed by atoms with van der Waals surface area (Å²) >= 11 is 1.50. The summed E-state index contributed by atoms with van der Waals surface area (Å²) in [5, 5.41) is 2.78. The molecule has 19 heavy (non-hydrogen) atoms. The highest BCUT2D eigenvalue weighted by atomic mass is 32.1. The van der Waals surface area contributed by atoms with E-state index in [2.05, 4.69) is 9.97 Å². The third-order valence-electron chi connectivity index (χ3n) is 2.98. The molecule has 0 saturated heterocycles. The van der Waals surface area contributed by atoms with Crippen molar-refractivity contribution in [3.63, 3.8) is 0 Å². The Hall–Kier alpha value is -1.89. The van der Waals surface area contributed by atoms with Gasteiger partial charge in [-0.05, 0) is 19.8 Å². The maximum Gasteiger partial charge on any atom is 0.360 e. The van der Waals surface area contributed by atoms with Gasteiger partial charge in [-0.25, -0.2) is 14.8 Å². The molecule has 1 saturated carbocycles. The summed E-state index contributed by atoms with van der Waals surface area (Å²) in [6.45, 7) is 2.04. The molecule has 7 heteroatoms. The van der Waals surface area contributed by atoms with E-state index >= 15 is 0 Å². The third-order valence-corrected chi connectivity index (χ3v) is 3.84. The average molecular weight is 278 g/mol. The molecular formula is C12H14N4O2S. The van der Waals surface area contributed by atoms with E-state index in [4.69, 9.17) is 10.5 Å². The van der Waals surface area contributed by atoms with E-state index in [1.807, 2.05) is 5.38 Å². The standard InChI is InChI=1S/C12H14N4O2S/c1-2-18-11(17)9-10(13)16(6-14-9)12-15-8(5-19-12)7-3-4-7/h5-7H,2-4,13H2,1H3. The zero-order valence-corrected chi connectivity index (χ0v) is 11.3. The quantitative estimate of drug-likeness (QED) is 0.864. The van der Waals surface area contributed by atoms with Gasteiger partial charge in [-0.15, -0.1) is 11.3 Å². The van der Waals surface area contributed by atoms with Gasteiger partial charge in [-0.3, -0.25) is 4.57 Å². The molecule has 1 aliphatic rings. The maximum atomic E-state index is 11.6. The number of hydrogen-bond acceptors (Lipinski definition) is 6. The molecule has 3 rings (SSSR count). The van der Waals surface area contributed by atoms with Crippen LogP contribution in [0.5, 0.6) is 0 Å². The molecule has 1 fully saturated rings. The zero-order valence-electron chi connectivity index (χ0n) is 10.5. The summed E-state index contributed by atoms with van der Waals surface area (Å²) in [6.07, 6.45) is 3.92. The van der Waals surface area contributed by atoms with Gasteiger partial charge >= 0.3 is 5.97 Å². The molecule has 0 spiro atoms. The topological polar surface area (TPSA) is 83.0 Å². The largest absolute Gasteiger partial charge is 0.461 e. The number of imidazole rings is 1. The van der Waals surface area contributed by atoms with E-state index in [0.717, 1.165) is 10.8 Å². The smallest absolute Gasteiger partial charge is 0.360 e. The molecule has 0 atom stereocenters. The molecular weight excluding hydrogens is 264 g/mol. The lowest BCUT2D eigenvalue weighted by Gasteiger charge is -2.01. The Labute approximate surface area is 114 Å². The van der Waals surface area contributed by atoms with Crippen LogP contribution in [0.15, 0.2) is 11.7 Å². The first-order chi connectivity index (χ1) is 9.20. The maximum absolute atomic E-state index is 11.6. The molecule has 0 amide bonds. The summed E-state index contributed by atoms with van der Waals surface area (Å²) in [5.41, 5.74) is 7.18. The lowest BCUT2D eigenvalue weighted by molar-refractivity contribution is 0.0521. The second kappa shape index (κ2) is 4.65. The van der Waals surface area contributed by atoms with E-state index in [-0.39, 0.29) is 11.5 Å². The van der Waals surface area contributed by atoms with Gasteiger partial charge in [0.05, 0.1) is 12.3 Å². The number of rotatable bonds is 4. The van der Waals surface area contributed by atoms with Crippen LogP contribution < -0.4 is 5.73 Å². The molecule has 0 aromatic carbocycles. The number of carbonyl (C=O) groups excluding carboxylic acids is 1. The van der Waals surface area contributed by atoms with Crippen LogP contribution in [0.1, 0.15) is 41.9 Å². The number of carbonyl (C=O) groups is 1. The molecule has 0 unspecified atom stereocenters. The van der Waals surface area contributed by atoms with Gasteiger partial charge < -0.3 is 10.5 Å². The first kappa shape index (κ1) is 12.2. The van der Waals surface area contributed by atoms with E-state index in [1.54, 1.807) is 11.5 Å². The Morgan fingerprint density at radius 1 is 1.63 bits per heavy atom. The molecule has 6 nitrogen and oxygen atoms in total.